The van der Waals surface area contributed by atoms with Crippen LogP contribution < -0.4 is 16.0 Å². The predicted octanol–water partition coefficient (Wildman–Crippen LogP) is 1.14. The molecule has 0 unspecified atom stereocenters. The molecule has 3 aromatic rings. The van der Waals surface area contributed by atoms with Gasteiger partial charge in [-0.25, -0.2) is 9.97 Å². The molecule has 0 spiro atoms. The van der Waals surface area contributed by atoms with E-state index < -0.39 is 0 Å². The van der Waals surface area contributed by atoms with Crippen molar-refractivity contribution in [2.75, 3.05) is 36.8 Å². The Morgan fingerprint density at radius 2 is 1.86 bits per heavy atom. The number of fused-ring (bicyclic) bond motifs is 1. The van der Waals surface area contributed by atoms with Gasteiger partial charge in [0.25, 0.3) is 0 Å². The molecule has 0 aromatic carbocycles. The van der Waals surface area contributed by atoms with E-state index in [1.807, 2.05) is 12.1 Å². The van der Waals surface area contributed by atoms with Crippen LogP contribution in [0.15, 0.2) is 24.5 Å². The summed E-state index contributed by atoms with van der Waals surface area (Å²) in [6, 6.07) is 3.89. The minimum atomic E-state index is 0.297. The molecule has 3 aromatic heterocycles. The molecule has 4 heterocycles. The van der Waals surface area contributed by atoms with Crippen LogP contribution in [0, 0.1) is 0 Å². The fourth-order valence-corrected chi connectivity index (χ4v) is 3.49. The Morgan fingerprint density at radius 1 is 1.09 bits per heavy atom. The number of nitrogen functional groups attached to an aromatic ring is 1. The quantitative estimate of drug-likeness (QED) is 0.733. The molecule has 0 saturated carbocycles. The Bertz CT molecular complexity index is 796. The SMILES string of the molecule is Nc1nc(N2CCNCC2)c2nc(-c3ccncc3)sc2n1. The first kappa shape index (κ1) is 13.4. The van der Waals surface area contributed by atoms with E-state index in [-0.39, 0.29) is 0 Å². The van der Waals surface area contributed by atoms with Gasteiger partial charge in [0.2, 0.25) is 5.95 Å². The second-order valence-electron chi connectivity index (χ2n) is 5.05. The molecule has 1 saturated heterocycles. The van der Waals surface area contributed by atoms with Gasteiger partial charge in [0.1, 0.15) is 10.5 Å². The number of nitrogens with zero attached hydrogens (tertiary/aromatic N) is 5. The standard InChI is InChI=1S/C14H15N7S/c15-14-19-11(21-7-5-17-6-8-21)10-13(20-14)22-12(18-10)9-1-3-16-4-2-9/h1-4,17H,5-8H2,(H2,15,19,20). The number of nitrogens with two attached hydrogens (primary N) is 1. The summed E-state index contributed by atoms with van der Waals surface area (Å²) in [6.45, 7) is 3.67. The number of anilines is 2. The normalized spacial score (nSPS) is 15.4. The van der Waals surface area contributed by atoms with Crippen molar-refractivity contribution in [3.8, 4) is 10.6 Å². The maximum absolute atomic E-state index is 5.88. The van der Waals surface area contributed by atoms with Gasteiger partial charge in [-0.2, -0.15) is 4.98 Å². The van der Waals surface area contributed by atoms with Crippen molar-refractivity contribution in [2.45, 2.75) is 0 Å². The molecule has 0 bridgehead atoms. The first-order valence-electron chi connectivity index (χ1n) is 7.11. The van der Waals surface area contributed by atoms with Crippen LogP contribution in [-0.2, 0) is 0 Å². The van der Waals surface area contributed by atoms with E-state index in [9.17, 15) is 0 Å². The van der Waals surface area contributed by atoms with Crippen molar-refractivity contribution >= 4 is 33.5 Å². The molecule has 8 heteroatoms. The smallest absolute Gasteiger partial charge is 0.223 e. The number of hydrogen-bond donors (Lipinski definition) is 2. The molecule has 7 nitrogen and oxygen atoms in total. The molecule has 0 atom stereocenters. The van der Waals surface area contributed by atoms with E-state index in [1.165, 1.54) is 11.3 Å². The summed E-state index contributed by atoms with van der Waals surface area (Å²) >= 11 is 1.53. The van der Waals surface area contributed by atoms with Crippen LogP contribution >= 0.6 is 11.3 Å². The van der Waals surface area contributed by atoms with Crippen LogP contribution in [0.4, 0.5) is 11.8 Å². The molecule has 1 fully saturated rings. The van der Waals surface area contributed by atoms with Crippen molar-refractivity contribution in [1.82, 2.24) is 25.3 Å². The highest BCUT2D eigenvalue weighted by atomic mass is 32.1. The zero-order valence-electron chi connectivity index (χ0n) is 11.9. The zero-order chi connectivity index (χ0) is 14.9. The van der Waals surface area contributed by atoms with Crippen molar-refractivity contribution in [3.63, 3.8) is 0 Å². The van der Waals surface area contributed by atoms with Crippen LogP contribution in [0.5, 0.6) is 0 Å². The third-order valence-electron chi connectivity index (χ3n) is 3.60. The second kappa shape index (κ2) is 5.47. The van der Waals surface area contributed by atoms with E-state index in [0.29, 0.717) is 5.95 Å². The third-order valence-corrected chi connectivity index (χ3v) is 4.60. The van der Waals surface area contributed by atoms with Gasteiger partial charge < -0.3 is 16.0 Å². The predicted molar refractivity (Wildman–Crippen MR) is 87.9 cm³/mol. The van der Waals surface area contributed by atoms with Crippen molar-refractivity contribution in [3.05, 3.63) is 24.5 Å². The summed E-state index contributed by atoms with van der Waals surface area (Å²) in [4.78, 5) is 20.6. The highest BCUT2D eigenvalue weighted by Crippen LogP contribution is 2.33. The maximum Gasteiger partial charge on any atom is 0.223 e. The van der Waals surface area contributed by atoms with Crippen molar-refractivity contribution < 1.29 is 0 Å². The van der Waals surface area contributed by atoms with Gasteiger partial charge in [-0.3, -0.25) is 4.98 Å². The van der Waals surface area contributed by atoms with Crippen LogP contribution in [0.3, 0.4) is 0 Å². The molecule has 0 aliphatic carbocycles. The van der Waals surface area contributed by atoms with Crippen LogP contribution in [0.1, 0.15) is 0 Å². The number of pyridine rings is 1. The van der Waals surface area contributed by atoms with Crippen LogP contribution in [-0.4, -0.2) is 46.1 Å². The zero-order valence-corrected chi connectivity index (χ0v) is 12.7. The first-order chi connectivity index (χ1) is 10.8. The lowest BCUT2D eigenvalue weighted by Gasteiger charge is -2.28. The number of hydrogen-bond acceptors (Lipinski definition) is 8. The highest BCUT2D eigenvalue weighted by molar-refractivity contribution is 7.21. The molecule has 0 radical (unpaired) electrons. The van der Waals surface area contributed by atoms with Gasteiger partial charge in [0, 0.05) is 44.1 Å². The largest absolute Gasteiger partial charge is 0.368 e. The van der Waals surface area contributed by atoms with Gasteiger partial charge in [0.05, 0.1) is 0 Å². The average molecular weight is 313 g/mol. The Balaban J connectivity index is 1.84. The number of nitrogens with one attached hydrogen (secondary N) is 1. The minimum absolute atomic E-state index is 0.297. The lowest BCUT2D eigenvalue weighted by atomic mass is 10.3. The summed E-state index contributed by atoms with van der Waals surface area (Å²) in [5.74, 6) is 1.13. The molecule has 3 N–H and O–H groups in total. The number of thiazole rings is 1. The summed E-state index contributed by atoms with van der Waals surface area (Å²) in [6.07, 6.45) is 3.53. The fourth-order valence-electron chi connectivity index (χ4n) is 2.54. The number of piperazine rings is 1. The van der Waals surface area contributed by atoms with Crippen LogP contribution in [0.2, 0.25) is 0 Å². The summed E-state index contributed by atoms with van der Waals surface area (Å²) < 4.78 is 0. The van der Waals surface area contributed by atoms with E-state index in [1.54, 1.807) is 12.4 Å². The Kier molecular flexibility index (Phi) is 3.32. The monoisotopic (exact) mass is 313 g/mol. The van der Waals surface area contributed by atoms with Gasteiger partial charge >= 0.3 is 0 Å². The molecule has 4 rings (SSSR count). The summed E-state index contributed by atoms with van der Waals surface area (Å²) in [7, 11) is 0. The minimum Gasteiger partial charge on any atom is -0.368 e. The van der Waals surface area contributed by atoms with E-state index in [2.05, 4.69) is 25.2 Å². The third kappa shape index (κ3) is 2.36. The maximum atomic E-state index is 5.88. The fraction of sp³-hybridized carbons (Fsp3) is 0.286. The first-order valence-corrected chi connectivity index (χ1v) is 7.93. The topological polar surface area (TPSA) is 92.8 Å². The van der Waals surface area contributed by atoms with Gasteiger partial charge in [0.15, 0.2) is 10.6 Å². The summed E-state index contributed by atoms with van der Waals surface area (Å²) in [5.41, 5.74) is 7.74. The number of aromatic nitrogens is 4. The van der Waals surface area contributed by atoms with Crippen molar-refractivity contribution in [1.29, 1.82) is 0 Å². The molecular weight excluding hydrogens is 298 g/mol. The molecule has 0 amide bonds. The van der Waals surface area contributed by atoms with E-state index in [4.69, 9.17) is 10.7 Å². The van der Waals surface area contributed by atoms with E-state index >= 15 is 0 Å². The molecular formula is C14H15N7S. The van der Waals surface area contributed by atoms with E-state index in [0.717, 1.165) is 52.9 Å². The van der Waals surface area contributed by atoms with Gasteiger partial charge in [-0.1, -0.05) is 11.3 Å². The lowest BCUT2D eigenvalue weighted by molar-refractivity contribution is 0.586. The highest BCUT2D eigenvalue weighted by Gasteiger charge is 2.19. The Hall–Kier alpha value is -2.32. The van der Waals surface area contributed by atoms with Gasteiger partial charge in [-0.15, -0.1) is 0 Å². The second-order valence-corrected chi connectivity index (χ2v) is 6.03. The average Bonchev–Trinajstić information content (AvgIpc) is 2.99. The lowest BCUT2D eigenvalue weighted by Crippen LogP contribution is -2.44. The Morgan fingerprint density at radius 3 is 2.64 bits per heavy atom. The number of rotatable bonds is 2. The van der Waals surface area contributed by atoms with Crippen molar-refractivity contribution in [2.24, 2.45) is 0 Å². The summed E-state index contributed by atoms with van der Waals surface area (Å²) in [5, 5.41) is 4.25. The molecule has 1 aliphatic heterocycles. The van der Waals surface area contributed by atoms with Crippen LogP contribution in [0.25, 0.3) is 20.9 Å². The Labute approximate surface area is 131 Å². The van der Waals surface area contributed by atoms with Gasteiger partial charge in [-0.05, 0) is 12.1 Å². The molecule has 22 heavy (non-hydrogen) atoms. The molecule has 1 aliphatic rings. The molecule has 112 valence electrons.